The van der Waals surface area contributed by atoms with Gasteiger partial charge < -0.3 is 5.73 Å². The quantitative estimate of drug-likeness (QED) is 0.432. The summed E-state index contributed by atoms with van der Waals surface area (Å²) in [6.45, 7) is 6.08. The van der Waals surface area contributed by atoms with Crippen molar-refractivity contribution in [1.82, 2.24) is 5.43 Å². The first-order chi connectivity index (χ1) is 4.54. The van der Waals surface area contributed by atoms with Gasteiger partial charge in [0.05, 0.1) is 6.04 Å². The molecule has 0 bridgehead atoms. The van der Waals surface area contributed by atoms with E-state index in [1.807, 2.05) is 12.3 Å². The van der Waals surface area contributed by atoms with Gasteiger partial charge in [0, 0.05) is 0 Å². The molecule has 0 saturated carbocycles. The summed E-state index contributed by atoms with van der Waals surface area (Å²) in [6.07, 6.45) is 0. The Hall–Kier alpha value is -0.840. The summed E-state index contributed by atoms with van der Waals surface area (Å²) in [5.74, 6) is 0. The summed E-state index contributed by atoms with van der Waals surface area (Å²) >= 11 is 0. The van der Waals surface area contributed by atoms with Crippen LogP contribution in [0.15, 0.2) is 0 Å². The van der Waals surface area contributed by atoms with Crippen molar-refractivity contribution in [2.45, 2.75) is 26.8 Å². The topological polar surface area (TPSA) is 81.2 Å². The van der Waals surface area contributed by atoms with Crippen molar-refractivity contribution in [2.75, 3.05) is 6.54 Å². The van der Waals surface area contributed by atoms with Crippen molar-refractivity contribution in [2.24, 2.45) is 5.73 Å². The Morgan fingerprint density at radius 1 is 1.70 bits per heavy atom. The van der Waals surface area contributed by atoms with Crippen LogP contribution in [0.3, 0.4) is 0 Å². The largest absolute Gasteiger partial charge is 0.331 e. The van der Waals surface area contributed by atoms with Gasteiger partial charge in [0.1, 0.15) is 0 Å². The molecule has 0 rings (SSSR count). The summed E-state index contributed by atoms with van der Waals surface area (Å²) in [4.78, 5) is 9.50. The number of nitrogens with zero attached hydrogens (tertiary/aromatic N) is 1. The van der Waals surface area contributed by atoms with Crippen LogP contribution in [0.5, 0.6) is 0 Å². The second kappa shape index (κ2) is 8.16. The van der Waals surface area contributed by atoms with Gasteiger partial charge in [-0.05, 0) is 20.4 Å². The molecule has 0 unspecified atom stereocenters. The van der Waals surface area contributed by atoms with E-state index in [9.17, 15) is 10.1 Å². The lowest BCUT2D eigenvalue weighted by atomic mass is 10.4. The van der Waals surface area contributed by atoms with E-state index in [0.717, 1.165) is 6.54 Å². The van der Waals surface area contributed by atoms with Gasteiger partial charge in [0.15, 0.2) is 5.03 Å². The first kappa shape index (κ1) is 11.9. The molecular weight excluding hydrogens is 134 g/mol. The fraction of sp³-hybridized carbons (Fsp3) is 1.00. The number of nitrogens with two attached hydrogens (primary N) is 1. The van der Waals surface area contributed by atoms with Crippen LogP contribution < -0.4 is 11.2 Å². The van der Waals surface area contributed by atoms with Gasteiger partial charge in [0.2, 0.25) is 0 Å². The predicted molar refractivity (Wildman–Crippen MR) is 40.0 cm³/mol. The number of hydrogen-bond donors (Lipinski definition) is 2. The van der Waals surface area contributed by atoms with E-state index >= 15 is 0 Å². The molecule has 0 aliphatic carbocycles. The van der Waals surface area contributed by atoms with Crippen molar-refractivity contribution in [3.63, 3.8) is 0 Å². The molecule has 5 heteroatoms. The summed E-state index contributed by atoms with van der Waals surface area (Å²) in [7, 11) is 0. The van der Waals surface area contributed by atoms with Crippen molar-refractivity contribution in [3.8, 4) is 0 Å². The monoisotopic (exact) mass is 149 g/mol. The van der Waals surface area contributed by atoms with Gasteiger partial charge in [-0.3, -0.25) is 0 Å². The highest BCUT2D eigenvalue weighted by Crippen LogP contribution is 1.72. The number of hydrazine groups is 1. The van der Waals surface area contributed by atoms with Gasteiger partial charge in [-0.1, -0.05) is 6.92 Å². The molecule has 0 amide bonds. The van der Waals surface area contributed by atoms with Crippen molar-refractivity contribution in [1.29, 1.82) is 0 Å². The lowest BCUT2D eigenvalue weighted by molar-refractivity contribution is -0.549. The van der Waals surface area contributed by atoms with E-state index in [2.05, 4.69) is 0 Å². The van der Waals surface area contributed by atoms with Crippen LogP contribution in [0.2, 0.25) is 0 Å². The summed E-state index contributed by atoms with van der Waals surface area (Å²) in [5.41, 5.74) is 6.88. The van der Waals surface area contributed by atoms with E-state index in [1.54, 1.807) is 13.8 Å². The fourth-order valence-corrected chi connectivity index (χ4v) is 0.211. The van der Waals surface area contributed by atoms with Gasteiger partial charge in [0.25, 0.3) is 0 Å². The molecule has 0 saturated heterocycles. The smallest absolute Gasteiger partial charge is 0.157 e. The minimum Gasteiger partial charge on any atom is -0.331 e. The Morgan fingerprint density at radius 3 is 2.00 bits per heavy atom. The average molecular weight is 149 g/mol. The second-order valence-corrected chi connectivity index (χ2v) is 1.95. The molecule has 0 aliphatic rings. The van der Waals surface area contributed by atoms with Crippen molar-refractivity contribution < 1.29 is 5.03 Å². The van der Waals surface area contributed by atoms with Crippen molar-refractivity contribution >= 4 is 0 Å². The summed E-state index contributed by atoms with van der Waals surface area (Å²) in [5, 5.41) is 8.95. The highest BCUT2D eigenvalue weighted by atomic mass is 16.7. The molecular formula is C5H15N3O2. The van der Waals surface area contributed by atoms with Crippen LogP contribution in [0.25, 0.3) is 0 Å². The van der Waals surface area contributed by atoms with E-state index in [-0.39, 0.29) is 6.04 Å². The molecule has 0 fully saturated rings. The molecule has 5 nitrogen and oxygen atoms in total. The zero-order valence-electron chi connectivity index (χ0n) is 6.63. The molecule has 0 aromatic heterocycles. The molecule has 0 aliphatic heterocycles. The SMILES string of the molecule is CC(C)N[N+](=O)[O-].CCN. The molecule has 10 heavy (non-hydrogen) atoms. The van der Waals surface area contributed by atoms with Crippen LogP contribution in [-0.4, -0.2) is 17.6 Å². The third kappa shape index (κ3) is 27.2. The predicted octanol–water partition coefficient (Wildman–Crippen LogP) is 0.141. The van der Waals surface area contributed by atoms with E-state index in [0.29, 0.717) is 0 Å². The highest BCUT2D eigenvalue weighted by Gasteiger charge is 1.95. The fourth-order valence-electron chi connectivity index (χ4n) is 0.211. The van der Waals surface area contributed by atoms with Crippen molar-refractivity contribution in [3.05, 3.63) is 10.1 Å². The minimum atomic E-state index is -0.551. The Kier molecular flexibility index (Phi) is 9.71. The number of nitrogens with one attached hydrogen (secondary N) is 1. The van der Waals surface area contributed by atoms with Gasteiger partial charge in [-0.25, -0.2) is 10.1 Å². The maximum absolute atomic E-state index is 9.50. The molecule has 0 aromatic carbocycles. The first-order valence-electron chi connectivity index (χ1n) is 3.15. The second-order valence-electron chi connectivity index (χ2n) is 1.95. The molecule has 3 N–H and O–H groups in total. The third-order valence-corrected chi connectivity index (χ3v) is 0.364. The van der Waals surface area contributed by atoms with E-state index in [1.165, 1.54) is 0 Å². The summed E-state index contributed by atoms with van der Waals surface area (Å²) in [6, 6.07) is -0.0741. The minimum absolute atomic E-state index is 0.0741. The Labute approximate surface area is 60.7 Å². The molecule has 0 aromatic rings. The zero-order valence-corrected chi connectivity index (χ0v) is 6.63. The van der Waals surface area contributed by atoms with E-state index in [4.69, 9.17) is 5.73 Å². The molecule has 0 spiro atoms. The van der Waals surface area contributed by atoms with Crippen LogP contribution >= 0.6 is 0 Å². The number of rotatable bonds is 2. The van der Waals surface area contributed by atoms with Crippen LogP contribution in [0.4, 0.5) is 0 Å². The number of hydrogen-bond acceptors (Lipinski definition) is 3. The normalized spacial score (nSPS) is 8.10. The van der Waals surface area contributed by atoms with Gasteiger partial charge >= 0.3 is 0 Å². The molecule has 0 atom stereocenters. The first-order valence-corrected chi connectivity index (χ1v) is 3.15. The Morgan fingerprint density at radius 2 is 2.00 bits per heavy atom. The maximum atomic E-state index is 9.50. The van der Waals surface area contributed by atoms with E-state index < -0.39 is 5.03 Å². The Balaban J connectivity index is 0. The maximum Gasteiger partial charge on any atom is 0.157 e. The molecule has 0 radical (unpaired) electrons. The lowest BCUT2D eigenvalue weighted by Gasteiger charge is -1.95. The van der Waals surface area contributed by atoms with Gasteiger partial charge in [-0.2, -0.15) is 0 Å². The zero-order chi connectivity index (χ0) is 8.57. The Bertz CT molecular complexity index is 85.0. The number of nitro groups is 1. The average Bonchev–Trinajstić information content (AvgIpc) is 1.62. The standard InChI is InChI=1S/C3H8N2O2.C2H7N/c1-3(2)4-5(6)7;1-2-3/h3-4H,1-2H3;2-3H2,1H3. The van der Waals surface area contributed by atoms with Crippen LogP contribution in [0, 0.1) is 10.1 Å². The highest BCUT2D eigenvalue weighted by molar-refractivity contribution is 4.36. The van der Waals surface area contributed by atoms with Crippen LogP contribution in [0.1, 0.15) is 20.8 Å². The lowest BCUT2D eigenvalue weighted by Crippen LogP contribution is -2.28. The summed E-state index contributed by atoms with van der Waals surface area (Å²) < 4.78 is 0. The van der Waals surface area contributed by atoms with Crippen LogP contribution in [-0.2, 0) is 0 Å². The molecule has 62 valence electrons. The molecule has 0 heterocycles. The third-order valence-electron chi connectivity index (χ3n) is 0.364. The van der Waals surface area contributed by atoms with Gasteiger partial charge in [-0.15, -0.1) is 5.43 Å².